The van der Waals surface area contributed by atoms with E-state index in [-0.39, 0.29) is 12.5 Å². The molecule has 2 fully saturated rings. The number of carbonyl (C=O) groups is 2. The molecule has 0 spiro atoms. The third-order valence-corrected chi connectivity index (χ3v) is 7.69. The van der Waals surface area contributed by atoms with Crippen LogP contribution in [-0.2, 0) is 16.1 Å². The number of nitrogens with zero attached hydrogens (tertiary/aromatic N) is 2. The smallest absolute Gasteiger partial charge is 0.449 e. The molecule has 3 heterocycles. The molecular weight excluding hydrogens is 440 g/mol. The van der Waals surface area contributed by atoms with Crippen molar-refractivity contribution in [3.63, 3.8) is 0 Å². The molecule has 2 aliphatic rings. The number of hydrogen-bond acceptors (Lipinski definition) is 5. The molecule has 1 saturated carbocycles. The maximum atomic E-state index is 13.3. The number of aromatic nitrogens is 1. The monoisotopic (exact) mass is 468 g/mol. The van der Waals surface area contributed by atoms with Gasteiger partial charge in [-0.2, -0.15) is 0 Å². The van der Waals surface area contributed by atoms with Crippen LogP contribution in [0.15, 0.2) is 36.4 Å². The van der Waals surface area contributed by atoms with Crippen molar-refractivity contribution in [2.75, 3.05) is 26.3 Å². The Bertz CT molecular complexity index is 1140. The molecule has 3 aromatic rings. The molecule has 0 radical (unpaired) electrons. The van der Waals surface area contributed by atoms with Crippen molar-refractivity contribution in [2.45, 2.75) is 44.6 Å². The van der Waals surface area contributed by atoms with Crippen LogP contribution in [-0.4, -0.2) is 52.9 Å². The fourth-order valence-corrected chi connectivity index (χ4v) is 6.28. The molecule has 0 atom stereocenters. The fourth-order valence-electron chi connectivity index (χ4n) is 5.15. The molecule has 1 saturated heterocycles. The van der Waals surface area contributed by atoms with Gasteiger partial charge in [-0.25, -0.2) is 4.79 Å². The van der Waals surface area contributed by atoms with E-state index in [0.29, 0.717) is 37.3 Å². The molecule has 1 aliphatic carbocycles. The Morgan fingerprint density at radius 2 is 1.82 bits per heavy atom. The minimum Gasteiger partial charge on any atom is -0.449 e. The first-order chi connectivity index (χ1) is 16.1. The maximum Gasteiger partial charge on any atom is 0.512 e. The number of rotatable bonds is 5. The number of morpholine rings is 1. The predicted octanol–water partition coefficient (Wildman–Crippen LogP) is 5.33. The van der Waals surface area contributed by atoms with E-state index < -0.39 is 6.16 Å². The Kier molecular flexibility index (Phi) is 6.37. The average molecular weight is 469 g/mol. The number of benzene rings is 1. The van der Waals surface area contributed by atoms with Gasteiger partial charge in [-0.05, 0) is 29.9 Å². The zero-order valence-electron chi connectivity index (χ0n) is 18.5. The molecule has 1 aliphatic heterocycles. The number of carbonyl (C=O) groups excluding carboxylic acids is 1. The number of carboxylic acid groups (broad SMARTS) is 1. The van der Waals surface area contributed by atoms with Crippen LogP contribution >= 0.6 is 11.3 Å². The summed E-state index contributed by atoms with van der Waals surface area (Å²) in [5.41, 5.74) is 4.26. The largest absolute Gasteiger partial charge is 0.512 e. The first kappa shape index (κ1) is 22.0. The zero-order valence-corrected chi connectivity index (χ0v) is 19.3. The van der Waals surface area contributed by atoms with E-state index in [4.69, 9.17) is 9.47 Å². The Hall–Kier alpha value is -2.84. The normalized spacial score (nSPS) is 17.4. The second kappa shape index (κ2) is 9.57. The number of ether oxygens (including phenoxy) is 2. The van der Waals surface area contributed by atoms with Gasteiger partial charge in [-0.1, -0.05) is 60.9 Å². The predicted molar refractivity (Wildman–Crippen MR) is 127 cm³/mol. The topological polar surface area (TPSA) is 81.0 Å². The Balaban J connectivity index is 1.66. The highest BCUT2D eigenvalue weighted by atomic mass is 32.1. The molecule has 0 bridgehead atoms. The second-order valence-electron chi connectivity index (χ2n) is 8.69. The van der Waals surface area contributed by atoms with E-state index in [9.17, 15) is 14.7 Å². The molecular formula is C25H28N2O5S. The second-order valence-corrected chi connectivity index (χ2v) is 9.71. The van der Waals surface area contributed by atoms with Gasteiger partial charge in [0.15, 0.2) is 5.06 Å². The third kappa shape index (κ3) is 4.50. The number of hydrogen-bond donors (Lipinski definition) is 1. The molecule has 8 heteroatoms. The van der Waals surface area contributed by atoms with E-state index in [1.54, 1.807) is 6.07 Å². The van der Waals surface area contributed by atoms with Crippen molar-refractivity contribution in [3.8, 4) is 16.3 Å². The summed E-state index contributed by atoms with van der Waals surface area (Å²) in [7, 11) is 0. The van der Waals surface area contributed by atoms with Crippen molar-refractivity contribution in [1.82, 2.24) is 9.47 Å². The van der Waals surface area contributed by atoms with Gasteiger partial charge >= 0.3 is 6.16 Å². The fraction of sp³-hybridized carbons (Fsp3) is 0.440. The summed E-state index contributed by atoms with van der Waals surface area (Å²) >= 11 is 1.37. The van der Waals surface area contributed by atoms with Crippen LogP contribution in [0.5, 0.6) is 5.06 Å². The van der Waals surface area contributed by atoms with Crippen molar-refractivity contribution < 1.29 is 24.2 Å². The van der Waals surface area contributed by atoms with Crippen LogP contribution in [0.2, 0.25) is 0 Å². The van der Waals surface area contributed by atoms with Crippen molar-refractivity contribution in [1.29, 1.82) is 0 Å². The van der Waals surface area contributed by atoms with Crippen LogP contribution in [0.3, 0.4) is 0 Å². The van der Waals surface area contributed by atoms with E-state index in [1.165, 1.54) is 36.2 Å². The summed E-state index contributed by atoms with van der Waals surface area (Å²) in [6, 6.07) is 12.0. The minimum atomic E-state index is -1.32. The molecule has 1 N–H and O–H groups in total. The highest BCUT2D eigenvalue weighted by Crippen LogP contribution is 2.48. The van der Waals surface area contributed by atoms with Gasteiger partial charge < -0.3 is 24.0 Å². The minimum absolute atomic E-state index is 0.0504. The van der Waals surface area contributed by atoms with Gasteiger partial charge in [0, 0.05) is 19.2 Å². The van der Waals surface area contributed by atoms with E-state index >= 15 is 0 Å². The van der Waals surface area contributed by atoms with Crippen LogP contribution in [0, 0.1) is 0 Å². The third-order valence-electron chi connectivity index (χ3n) is 6.66. The molecule has 7 nitrogen and oxygen atoms in total. The van der Waals surface area contributed by atoms with Gasteiger partial charge in [-0.15, -0.1) is 0 Å². The Morgan fingerprint density at radius 3 is 2.52 bits per heavy atom. The molecule has 1 aromatic carbocycles. The molecule has 5 rings (SSSR count). The Morgan fingerprint density at radius 1 is 1.09 bits per heavy atom. The SMILES string of the molecule is O=C(O)Oc1cc2c(s1)c(C1CCCCC1)c(-c1ccccc1)n2CC(=O)N1CCOCC1. The molecule has 1 amide bonds. The molecule has 33 heavy (non-hydrogen) atoms. The molecule has 0 unspecified atom stereocenters. The zero-order chi connectivity index (χ0) is 22.8. The first-order valence-corrected chi connectivity index (χ1v) is 12.4. The van der Waals surface area contributed by atoms with Crippen molar-refractivity contribution >= 4 is 33.6 Å². The summed E-state index contributed by atoms with van der Waals surface area (Å²) in [5, 5.41) is 9.51. The van der Waals surface area contributed by atoms with E-state index in [0.717, 1.165) is 34.3 Å². The van der Waals surface area contributed by atoms with E-state index in [1.807, 2.05) is 23.1 Å². The Labute approximate surface area is 196 Å². The van der Waals surface area contributed by atoms with Gasteiger partial charge in [0.25, 0.3) is 0 Å². The lowest BCUT2D eigenvalue weighted by Gasteiger charge is -2.28. The highest BCUT2D eigenvalue weighted by molar-refractivity contribution is 7.21. The standard InChI is InChI=1S/C25H28N2O5S/c28-20(26-11-13-31-14-12-26)16-27-19-15-21(32-25(29)30)33-24(19)22(17-7-3-1-4-8-17)23(27)18-9-5-2-6-10-18/h2,5-6,9-10,15,17H,1,3-4,7-8,11-14,16H2,(H,29,30). The lowest BCUT2D eigenvalue weighted by Crippen LogP contribution is -2.42. The summed E-state index contributed by atoms with van der Waals surface area (Å²) in [6.45, 7) is 2.50. The van der Waals surface area contributed by atoms with Gasteiger partial charge in [0.05, 0.1) is 29.1 Å². The lowest BCUT2D eigenvalue weighted by molar-refractivity contribution is -0.135. The summed E-state index contributed by atoms with van der Waals surface area (Å²) < 4.78 is 13.6. The number of fused-ring (bicyclic) bond motifs is 1. The van der Waals surface area contributed by atoms with Gasteiger partial charge in [0.1, 0.15) is 6.54 Å². The summed E-state index contributed by atoms with van der Waals surface area (Å²) in [5.74, 6) is 0.432. The van der Waals surface area contributed by atoms with Crippen LogP contribution < -0.4 is 4.74 Å². The van der Waals surface area contributed by atoms with Crippen molar-refractivity contribution in [3.05, 3.63) is 42.0 Å². The van der Waals surface area contributed by atoms with Gasteiger partial charge in [0.2, 0.25) is 5.91 Å². The van der Waals surface area contributed by atoms with E-state index in [2.05, 4.69) is 16.7 Å². The highest BCUT2D eigenvalue weighted by Gasteiger charge is 2.30. The average Bonchev–Trinajstić information content (AvgIpc) is 3.37. The van der Waals surface area contributed by atoms with Gasteiger partial charge in [-0.3, -0.25) is 4.79 Å². The number of amides is 1. The van der Waals surface area contributed by atoms with Crippen LogP contribution in [0.25, 0.3) is 21.5 Å². The first-order valence-electron chi connectivity index (χ1n) is 11.6. The van der Waals surface area contributed by atoms with Crippen molar-refractivity contribution in [2.24, 2.45) is 0 Å². The lowest BCUT2D eigenvalue weighted by atomic mass is 9.83. The quantitative estimate of drug-likeness (QED) is 0.512. The molecule has 2 aromatic heterocycles. The van der Waals surface area contributed by atoms with Crippen LogP contribution in [0.4, 0.5) is 4.79 Å². The summed E-state index contributed by atoms with van der Waals surface area (Å²) in [4.78, 5) is 26.4. The number of thiophene rings is 1. The maximum absolute atomic E-state index is 13.3. The summed E-state index contributed by atoms with van der Waals surface area (Å²) in [6.07, 6.45) is 4.49. The van der Waals surface area contributed by atoms with Crippen LogP contribution in [0.1, 0.15) is 43.6 Å². The molecule has 174 valence electrons.